The van der Waals surface area contributed by atoms with Gasteiger partial charge in [-0.15, -0.1) is 0 Å². The van der Waals surface area contributed by atoms with Gasteiger partial charge in [-0.2, -0.15) is 0 Å². The monoisotopic (exact) mass is 314 g/mol. The maximum atomic E-state index is 13.3. The second kappa shape index (κ2) is 6.04. The number of hydrogen-bond acceptors (Lipinski definition) is 3. The van der Waals surface area contributed by atoms with Crippen LogP contribution in [0.5, 0.6) is 0 Å². The molecule has 0 atom stereocenters. The van der Waals surface area contributed by atoms with E-state index in [1.165, 1.54) is 29.6 Å². The van der Waals surface area contributed by atoms with Crippen LogP contribution in [-0.2, 0) is 11.2 Å². The lowest BCUT2D eigenvalue weighted by atomic mass is 10.1. The molecule has 2 aromatic heterocycles. The maximum absolute atomic E-state index is 13.3. The van der Waals surface area contributed by atoms with Crippen LogP contribution < -0.4 is 10.9 Å². The summed E-state index contributed by atoms with van der Waals surface area (Å²) in [6.45, 7) is 1.85. The third-order valence-electron chi connectivity index (χ3n) is 3.39. The van der Waals surface area contributed by atoms with Crippen LogP contribution in [0, 0.1) is 5.82 Å². The zero-order valence-electron chi connectivity index (χ0n) is 12.5. The molecule has 0 bridgehead atoms. The molecule has 0 spiro atoms. The second-order valence-electron chi connectivity index (χ2n) is 5.19. The molecule has 3 aromatic rings. The van der Waals surface area contributed by atoms with Crippen molar-refractivity contribution in [1.82, 2.24) is 19.9 Å². The fraction of sp³-hybridized carbons (Fsp3) is 0.188. The summed E-state index contributed by atoms with van der Waals surface area (Å²) in [7, 11) is 0. The van der Waals surface area contributed by atoms with E-state index in [2.05, 4.69) is 15.4 Å². The van der Waals surface area contributed by atoms with Gasteiger partial charge in [-0.1, -0.05) is 12.1 Å². The molecule has 0 radical (unpaired) electrons. The summed E-state index contributed by atoms with van der Waals surface area (Å²) in [4.78, 5) is 27.4. The molecule has 0 saturated heterocycles. The number of H-pyrrole nitrogens is 1. The van der Waals surface area contributed by atoms with E-state index in [1.54, 1.807) is 18.2 Å². The van der Waals surface area contributed by atoms with Gasteiger partial charge >= 0.3 is 0 Å². The first kappa shape index (κ1) is 15.0. The molecule has 2 heterocycles. The quantitative estimate of drug-likeness (QED) is 0.766. The Balaban J connectivity index is 1.94. The molecule has 7 heteroatoms. The number of nitrogens with zero attached hydrogens (tertiary/aromatic N) is 2. The highest BCUT2D eigenvalue weighted by atomic mass is 19.1. The highest BCUT2D eigenvalue weighted by molar-refractivity contribution is 5.72. The number of nitrogens with one attached hydrogen (secondary N) is 2. The molecule has 0 aliphatic rings. The standard InChI is InChI=1S/C16H15FN4O2/c1-10(22)18-6-5-13-8-16(23)21-15(19-13)9-14(20-21)11-3-2-4-12(17)7-11/h2-4,7-9,20H,5-6H2,1H3,(H,18,22). The Morgan fingerprint density at radius 2 is 2.17 bits per heavy atom. The van der Waals surface area contributed by atoms with Crippen molar-refractivity contribution >= 4 is 11.6 Å². The normalized spacial score (nSPS) is 10.9. The first-order chi connectivity index (χ1) is 11.0. The Kier molecular flexibility index (Phi) is 3.92. The topological polar surface area (TPSA) is 79.3 Å². The van der Waals surface area contributed by atoms with Gasteiger partial charge in [-0.3, -0.25) is 14.7 Å². The third-order valence-corrected chi connectivity index (χ3v) is 3.39. The smallest absolute Gasteiger partial charge is 0.272 e. The van der Waals surface area contributed by atoms with E-state index in [0.717, 1.165) is 0 Å². The van der Waals surface area contributed by atoms with Crippen LogP contribution in [0.4, 0.5) is 4.39 Å². The molecule has 6 nitrogen and oxygen atoms in total. The number of carbonyl (C=O) groups is 1. The number of carbonyl (C=O) groups excluding carboxylic acids is 1. The van der Waals surface area contributed by atoms with Gasteiger partial charge in [0.15, 0.2) is 5.65 Å². The number of fused-ring (bicyclic) bond motifs is 1. The summed E-state index contributed by atoms with van der Waals surface area (Å²) in [5, 5.41) is 5.58. The van der Waals surface area contributed by atoms with E-state index in [1.807, 2.05) is 0 Å². The highest BCUT2D eigenvalue weighted by Crippen LogP contribution is 2.19. The van der Waals surface area contributed by atoms with Crippen molar-refractivity contribution in [1.29, 1.82) is 0 Å². The minimum absolute atomic E-state index is 0.127. The summed E-state index contributed by atoms with van der Waals surface area (Å²) in [5.74, 6) is -0.477. The van der Waals surface area contributed by atoms with Gasteiger partial charge in [-0.05, 0) is 12.1 Å². The van der Waals surface area contributed by atoms with Crippen molar-refractivity contribution in [2.75, 3.05) is 6.54 Å². The zero-order valence-corrected chi connectivity index (χ0v) is 12.5. The van der Waals surface area contributed by atoms with Crippen molar-refractivity contribution < 1.29 is 9.18 Å². The summed E-state index contributed by atoms with van der Waals surface area (Å²) < 4.78 is 14.6. The minimum Gasteiger partial charge on any atom is -0.356 e. The number of aromatic nitrogens is 3. The maximum Gasteiger partial charge on any atom is 0.272 e. The molecule has 118 valence electrons. The molecule has 0 saturated carbocycles. The number of hydrogen-bond donors (Lipinski definition) is 2. The Hall–Kier alpha value is -2.96. The molecule has 1 aromatic carbocycles. The summed E-state index contributed by atoms with van der Waals surface area (Å²) in [6.07, 6.45) is 0.464. The van der Waals surface area contributed by atoms with Crippen LogP contribution in [0.15, 0.2) is 41.2 Å². The van der Waals surface area contributed by atoms with Crippen LogP contribution in [-0.4, -0.2) is 27.0 Å². The summed E-state index contributed by atoms with van der Waals surface area (Å²) >= 11 is 0. The van der Waals surface area contributed by atoms with Crippen molar-refractivity contribution in [3.05, 3.63) is 58.3 Å². The van der Waals surface area contributed by atoms with E-state index in [0.29, 0.717) is 35.6 Å². The van der Waals surface area contributed by atoms with Crippen LogP contribution in [0.25, 0.3) is 16.9 Å². The molecule has 1 amide bonds. The van der Waals surface area contributed by atoms with E-state index < -0.39 is 0 Å². The number of benzene rings is 1. The first-order valence-electron chi connectivity index (χ1n) is 7.15. The average Bonchev–Trinajstić information content (AvgIpc) is 2.91. The van der Waals surface area contributed by atoms with Gasteiger partial charge in [0.2, 0.25) is 5.91 Å². The van der Waals surface area contributed by atoms with Crippen molar-refractivity contribution in [2.24, 2.45) is 0 Å². The van der Waals surface area contributed by atoms with E-state index in [9.17, 15) is 14.0 Å². The molecule has 0 fully saturated rings. The number of halogens is 1. The Bertz CT molecular complexity index is 929. The fourth-order valence-electron chi connectivity index (χ4n) is 2.34. The van der Waals surface area contributed by atoms with Gasteiger partial charge in [0.1, 0.15) is 5.82 Å². The predicted molar refractivity (Wildman–Crippen MR) is 83.6 cm³/mol. The SMILES string of the molecule is CC(=O)NCCc1cc(=O)n2[nH]c(-c3cccc(F)c3)cc2n1. The third kappa shape index (κ3) is 3.28. The van der Waals surface area contributed by atoms with Crippen molar-refractivity contribution in [3.8, 4) is 11.3 Å². The molecule has 0 aliphatic heterocycles. The van der Waals surface area contributed by atoms with Gasteiger partial charge < -0.3 is 5.32 Å². The van der Waals surface area contributed by atoms with Gasteiger partial charge in [0.25, 0.3) is 5.56 Å². The summed E-state index contributed by atoms with van der Waals surface area (Å²) in [5.41, 5.74) is 2.03. The predicted octanol–water partition coefficient (Wildman–Crippen LogP) is 1.51. The lowest BCUT2D eigenvalue weighted by molar-refractivity contribution is -0.118. The Labute approximate surface area is 131 Å². The van der Waals surface area contributed by atoms with E-state index >= 15 is 0 Å². The minimum atomic E-state index is -0.350. The molecule has 23 heavy (non-hydrogen) atoms. The Morgan fingerprint density at radius 1 is 1.35 bits per heavy atom. The lowest BCUT2D eigenvalue weighted by Gasteiger charge is -2.01. The number of rotatable bonds is 4. The molecule has 0 aliphatic carbocycles. The second-order valence-corrected chi connectivity index (χ2v) is 5.19. The van der Waals surface area contributed by atoms with Gasteiger partial charge in [0, 0.05) is 37.6 Å². The lowest BCUT2D eigenvalue weighted by Crippen LogP contribution is -2.24. The van der Waals surface area contributed by atoms with E-state index in [-0.39, 0.29) is 17.3 Å². The molecular formula is C16H15FN4O2. The molecular weight excluding hydrogens is 299 g/mol. The van der Waals surface area contributed by atoms with Crippen LogP contribution in [0.3, 0.4) is 0 Å². The van der Waals surface area contributed by atoms with Crippen LogP contribution in [0.2, 0.25) is 0 Å². The molecule has 2 N–H and O–H groups in total. The summed E-state index contributed by atoms with van der Waals surface area (Å²) in [6, 6.07) is 9.20. The Morgan fingerprint density at radius 3 is 2.91 bits per heavy atom. The fourth-order valence-corrected chi connectivity index (χ4v) is 2.34. The number of amides is 1. The number of aromatic amines is 1. The van der Waals surface area contributed by atoms with Crippen molar-refractivity contribution in [2.45, 2.75) is 13.3 Å². The van der Waals surface area contributed by atoms with Crippen LogP contribution >= 0.6 is 0 Å². The van der Waals surface area contributed by atoms with Gasteiger partial charge in [-0.25, -0.2) is 13.9 Å². The highest BCUT2D eigenvalue weighted by Gasteiger charge is 2.08. The van der Waals surface area contributed by atoms with Crippen molar-refractivity contribution in [3.63, 3.8) is 0 Å². The van der Waals surface area contributed by atoms with Crippen LogP contribution in [0.1, 0.15) is 12.6 Å². The van der Waals surface area contributed by atoms with Gasteiger partial charge in [0.05, 0.1) is 11.4 Å². The largest absolute Gasteiger partial charge is 0.356 e. The zero-order chi connectivity index (χ0) is 16.4. The molecule has 3 rings (SSSR count). The van der Waals surface area contributed by atoms with E-state index in [4.69, 9.17) is 0 Å². The average molecular weight is 314 g/mol. The molecule has 0 unspecified atom stereocenters. The first-order valence-corrected chi connectivity index (χ1v) is 7.15.